The fourth-order valence-corrected chi connectivity index (χ4v) is 5.17. The summed E-state index contributed by atoms with van der Waals surface area (Å²) in [6.07, 6.45) is 5.26. The third-order valence-electron chi connectivity index (χ3n) is 6.52. The van der Waals surface area contributed by atoms with Crippen molar-refractivity contribution < 1.29 is 14.6 Å². The van der Waals surface area contributed by atoms with Crippen LogP contribution in [-0.4, -0.2) is 47.7 Å². The van der Waals surface area contributed by atoms with E-state index in [-0.39, 0.29) is 12.4 Å². The number of likely N-dealkylation sites (N-methyl/N-ethyl adjacent to an activating group) is 1. The van der Waals surface area contributed by atoms with Crippen molar-refractivity contribution in [1.82, 2.24) is 9.47 Å². The number of hydrogen-bond donors (Lipinski definition) is 1. The molecule has 5 nitrogen and oxygen atoms in total. The van der Waals surface area contributed by atoms with Gasteiger partial charge in [0.15, 0.2) is 6.29 Å². The summed E-state index contributed by atoms with van der Waals surface area (Å²) < 4.78 is 14.0. The monoisotopic (exact) mass is 354 g/mol. The molecule has 4 heterocycles. The van der Waals surface area contributed by atoms with E-state index in [1.54, 1.807) is 13.2 Å². The van der Waals surface area contributed by atoms with Gasteiger partial charge in [-0.3, -0.25) is 4.90 Å². The number of benzene rings is 1. The fraction of sp³-hybridized carbons (Fsp3) is 0.524. The molecule has 0 aliphatic carbocycles. The molecule has 1 aromatic carbocycles. The van der Waals surface area contributed by atoms with Crippen LogP contribution in [0.2, 0.25) is 0 Å². The third kappa shape index (κ3) is 2.27. The molecule has 5 heteroatoms. The highest BCUT2D eigenvalue weighted by Crippen LogP contribution is 2.47. The number of hydrogen-bond acceptors (Lipinski definition) is 4. The summed E-state index contributed by atoms with van der Waals surface area (Å²) in [5, 5.41) is 11.2. The summed E-state index contributed by atoms with van der Waals surface area (Å²) in [5.74, 6) is 0.807. The molecule has 1 saturated heterocycles. The van der Waals surface area contributed by atoms with Gasteiger partial charge in [0.25, 0.3) is 0 Å². The average Bonchev–Trinajstić information content (AvgIpc) is 2.80. The van der Waals surface area contributed by atoms with Gasteiger partial charge in [-0.1, -0.05) is 0 Å². The van der Waals surface area contributed by atoms with Crippen LogP contribution in [0.1, 0.15) is 37.1 Å². The maximum atomic E-state index is 10.0. The normalized spacial score (nSPS) is 31.3. The lowest BCUT2D eigenvalue weighted by Crippen LogP contribution is -2.37. The predicted octanol–water partition coefficient (Wildman–Crippen LogP) is 3.52. The smallest absolute Gasteiger partial charge is 0.158 e. The second-order valence-electron chi connectivity index (χ2n) is 7.92. The van der Waals surface area contributed by atoms with Crippen LogP contribution in [0.4, 0.5) is 0 Å². The van der Waals surface area contributed by atoms with Crippen LogP contribution in [0.3, 0.4) is 0 Å². The highest BCUT2D eigenvalue weighted by atomic mass is 16.7. The zero-order chi connectivity index (χ0) is 18.0. The molecule has 0 unspecified atom stereocenters. The maximum absolute atomic E-state index is 10.0. The molecule has 5 rings (SSSR count). The Morgan fingerprint density at radius 1 is 1.27 bits per heavy atom. The minimum atomic E-state index is -0.119. The molecule has 0 bridgehead atoms. The molecule has 4 atom stereocenters. The lowest BCUT2D eigenvalue weighted by molar-refractivity contribution is -0.169. The molecule has 0 saturated carbocycles. The highest BCUT2D eigenvalue weighted by molar-refractivity contribution is 5.89. The van der Waals surface area contributed by atoms with Crippen molar-refractivity contribution in [2.45, 2.75) is 44.6 Å². The molecule has 0 amide bonds. The summed E-state index contributed by atoms with van der Waals surface area (Å²) in [6.45, 7) is 3.18. The van der Waals surface area contributed by atoms with Gasteiger partial charge in [0.05, 0.1) is 17.7 Å². The zero-order valence-electron chi connectivity index (χ0n) is 15.6. The number of phenols is 1. The fourth-order valence-electron chi connectivity index (χ4n) is 5.17. The van der Waals surface area contributed by atoms with Crippen LogP contribution in [0.25, 0.3) is 17.1 Å². The number of ether oxygens (including phenoxy) is 2. The molecule has 26 heavy (non-hydrogen) atoms. The summed E-state index contributed by atoms with van der Waals surface area (Å²) in [4.78, 5) is 2.48. The van der Waals surface area contributed by atoms with Crippen molar-refractivity contribution in [2.75, 3.05) is 20.7 Å². The molecule has 3 aliphatic heterocycles. The van der Waals surface area contributed by atoms with E-state index < -0.39 is 0 Å². The van der Waals surface area contributed by atoms with E-state index in [9.17, 15) is 5.11 Å². The molecule has 2 aromatic rings. The summed E-state index contributed by atoms with van der Waals surface area (Å²) in [5.41, 5.74) is 5.32. The topological polar surface area (TPSA) is 46.9 Å². The molecule has 0 radical (unpaired) electrons. The first kappa shape index (κ1) is 16.4. The quantitative estimate of drug-likeness (QED) is 0.851. The minimum absolute atomic E-state index is 0.0503. The van der Waals surface area contributed by atoms with Crippen LogP contribution in [0.5, 0.6) is 5.75 Å². The molecule has 1 N–H and O–H groups in total. The van der Waals surface area contributed by atoms with Crippen LogP contribution in [0.15, 0.2) is 23.8 Å². The van der Waals surface area contributed by atoms with E-state index >= 15 is 0 Å². The Kier molecular flexibility index (Phi) is 3.68. The van der Waals surface area contributed by atoms with E-state index in [0.29, 0.717) is 17.7 Å². The van der Waals surface area contributed by atoms with E-state index in [1.807, 2.05) is 12.1 Å². The summed E-state index contributed by atoms with van der Waals surface area (Å²) >= 11 is 0. The summed E-state index contributed by atoms with van der Waals surface area (Å²) in [6, 6.07) is 6.14. The maximum Gasteiger partial charge on any atom is 0.158 e. The zero-order valence-corrected chi connectivity index (χ0v) is 15.6. The number of fused-ring (bicyclic) bond motifs is 4. The van der Waals surface area contributed by atoms with Crippen molar-refractivity contribution >= 4 is 17.1 Å². The predicted molar refractivity (Wildman–Crippen MR) is 101 cm³/mol. The molecular weight excluding hydrogens is 328 g/mol. The molecule has 138 valence electrons. The van der Waals surface area contributed by atoms with Gasteiger partial charge in [0, 0.05) is 37.4 Å². The van der Waals surface area contributed by atoms with Gasteiger partial charge in [-0.05, 0) is 62.1 Å². The van der Waals surface area contributed by atoms with Gasteiger partial charge < -0.3 is 19.1 Å². The first-order valence-corrected chi connectivity index (χ1v) is 9.52. The van der Waals surface area contributed by atoms with Gasteiger partial charge in [0.2, 0.25) is 0 Å². The molecular formula is C21H26N2O3. The Hall–Kier alpha value is -1.82. The van der Waals surface area contributed by atoms with Gasteiger partial charge in [-0.25, -0.2) is 0 Å². The van der Waals surface area contributed by atoms with Crippen molar-refractivity contribution in [3.63, 3.8) is 0 Å². The lowest BCUT2D eigenvalue weighted by Gasteiger charge is -2.38. The summed E-state index contributed by atoms with van der Waals surface area (Å²) in [7, 11) is 3.96. The number of aromatic nitrogens is 1. The third-order valence-corrected chi connectivity index (χ3v) is 6.52. The van der Waals surface area contributed by atoms with E-state index in [0.717, 1.165) is 25.8 Å². The average molecular weight is 354 g/mol. The second kappa shape index (κ2) is 5.84. The number of phenolic OH excluding ortho intramolecular Hbond substituents is 1. The van der Waals surface area contributed by atoms with E-state index in [2.05, 4.69) is 29.6 Å². The Balaban J connectivity index is 1.74. The van der Waals surface area contributed by atoms with Crippen LogP contribution < -0.4 is 0 Å². The first-order valence-electron chi connectivity index (χ1n) is 9.52. The second-order valence-corrected chi connectivity index (χ2v) is 7.92. The number of rotatable bonds is 1. The van der Waals surface area contributed by atoms with Gasteiger partial charge in [0.1, 0.15) is 5.75 Å². The van der Waals surface area contributed by atoms with Crippen LogP contribution >= 0.6 is 0 Å². The van der Waals surface area contributed by atoms with E-state index in [4.69, 9.17) is 9.47 Å². The van der Waals surface area contributed by atoms with Gasteiger partial charge in [-0.2, -0.15) is 0 Å². The van der Waals surface area contributed by atoms with Gasteiger partial charge in [-0.15, -0.1) is 0 Å². The first-order chi connectivity index (χ1) is 12.6. The van der Waals surface area contributed by atoms with E-state index in [1.165, 1.54) is 27.7 Å². The number of aromatic hydroxyl groups is 1. The molecule has 3 aliphatic rings. The minimum Gasteiger partial charge on any atom is -0.508 e. The lowest BCUT2D eigenvalue weighted by atomic mass is 9.83. The van der Waals surface area contributed by atoms with Crippen molar-refractivity contribution in [1.29, 1.82) is 0 Å². The Bertz CT molecular complexity index is 900. The molecule has 1 aromatic heterocycles. The molecule has 0 spiro atoms. The van der Waals surface area contributed by atoms with Crippen molar-refractivity contribution in [3.8, 4) is 5.75 Å². The molecule has 1 fully saturated rings. The Labute approximate surface area is 153 Å². The number of methoxy groups -OCH3 is 1. The Morgan fingerprint density at radius 2 is 2.12 bits per heavy atom. The Morgan fingerprint density at radius 3 is 2.92 bits per heavy atom. The largest absolute Gasteiger partial charge is 0.508 e. The van der Waals surface area contributed by atoms with Gasteiger partial charge >= 0.3 is 0 Å². The number of nitrogens with zero attached hydrogens (tertiary/aromatic N) is 2. The van der Waals surface area contributed by atoms with Crippen molar-refractivity contribution in [3.05, 3.63) is 35.0 Å². The van der Waals surface area contributed by atoms with Crippen molar-refractivity contribution in [2.24, 2.45) is 5.92 Å². The SMILES string of the molecule is CO[C@H]1C[C@H]2C[C@H]3c4c(c5cc(O)ccc5n4C=C2[C@@H](C)O1)CCN3C. The van der Waals surface area contributed by atoms with Crippen LogP contribution in [0, 0.1) is 5.92 Å². The standard InChI is InChI=1S/C21H26N2O3/c1-12-17-11-23-18-5-4-14(24)10-16(18)15-6-7-22(2)19(21(15)23)8-13(17)9-20(25-3)26-12/h4-5,10-13,19-20,24H,6-9H2,1-3H3/t12-,13-,19+,20-/m1/s1. The van der Waals surface area contributed by atoms with Crippen LogP contribution in [-0.2, 0) is 15.9 Å². The highest BCUT2D eigenvalue weighted by Gasteiger charge is 2.40.